The van der Waals surface area contributed by atoms with Gasteiger partial charge in [-0.1, -0.05) is 0 Å². The van der Waals surface area contributed by atoms with Crippen LogP contribution in [0, 0.1) is 0 Å². The van der Waals surface area contributed by atoms with Gasteiger partial charge in [-0.15, -0.1) is 9.61 Å². The number of rotatable bonds is 0. The normalized spacial score (nSPS) is 13.1. The van der Waals surface area contributed by atoms with Crippen molar-refractivity contribution < 1.29 is 4.57 Å². The summed E-state index contributed by atoms with van der Waals surface area (Å²) in [6.07, 6.45) is 3.63. The van der Waals surface area contributed by atoms with Gasteiger partial charge in [0.1, 0.15) is 6.54 Å². The van der Waals surface area contributed by atoms with Gasteiger partial charge in [0, 0.05) is 12.3 Å². The number of nitrogens with zero attached hydrogens (tertiary/aromatic N) is 6. The zero-order valence-corrected chi connectivity index (χ0v) is 10.9. The summed E-state index contributed by atoms with van der Waals surface area (Å²) in [7, 11) is 2.05. The third-order valence-corrected chi connectivity index (χ3v) is 3.94. The Morgan fingerprint density at radius 1 is 1.20 bits per heavy atom. The lowest BCUT2D eigenvalue weighted by atomic mass is 10.2. The SMILES string of the molecule is C[n+]1c2n(c3nc4cccnn4c31)Cc1ncccc1-2. The molecule has 0 unspecified atom stereocenters. The molecule has 20 heavy (non-hydrogen) atoms. The summed E-state index contributed by atoms with van der Waals surface area (Å²) in [5.41, 5.74) is 5.12. The number of pyridine rings is 1. The molecular weight excluding hydrogens is 252 g/mol. The zero-order chi connectivity index (χ0) is 13.3. The second-order valence-electron chi connectivity index (χ2n) is 5.02. The van der Waals surface area contributed by atoms with Gasteiger partial charge in [-0.05, 0) is 18.2 Å². The van der Waals surface area contributed by atoms with E-state index in [4.69, 9.17) is 4.98 Å². The first-order valence-corrected chi connectivity index (χ1v) is 6.51. The van der Waals surface area contributed by atoms with Crippen molar-refractivity contribution in [3.05, 3.63) is 42.4 Å². The van der Waals surface area contributed by atoms with Crippen molar-refractivity contribution in [1.29, 1.82) is 0 Å². The summed E-state index contributed by atoms with van der Waals surface area (Å²) in [5, 5.41) is 4.40. The van der Waals surface area contributed by atoms with Gasteiger partial charge in [-0.2, -0.15) is 4.98 Å². The molecule has 0 aliphatic carbocycles. The molecule has 4 aromatic heterocycles. The monoisotopic (exact) mass is 263 g/mol. The van der Waals surface area contributed by atoms with Crippen molar-refractivity contribution in [1.82, 2.24) is 24.1 Å². The van der Waals surface area contributed by atoms with Crippen LogP contribution in [0.2, 0.25) is 0 Å². The fourth-order valence-corrected chi connectivity index (χ4v) is 3.11. The Labute approximate surface area is 113 Å². The van der Waals surface area contributed by atoms with Gasteiger partial charge in [0.05, 0.1) is 24.5 Å². The summed E-state index contributed by atoms with van der Waals surface area (Å²) in [5.74, 6) is 1.14. The molecule has 0 fully saturated rings. The summed E-state index contributed by atoms with van der Waals surface area (Å²) >= 11 is 0. The highest BCUT2D eigenvalue weighted by atomic mass is 15.4. The molecule has 1 aliphatic heterocycles. The van der Waals surface area contributed by atoms with Crippen molar-refractivity contribution in [2.75, 3.05) is 0 Å². The molecule has 96 valence electrons. The van der Waals surface area contributed by atoms with Crippen LogP contribution >= 0.6 is 0 Å². The van der Waals surface area contributed by atoms with Gasteiger partial charge in [-0.25, -0.2) is 9.13 Å². The quantitative estimate of drug-likeness (QED) is 0.391. The lowest BCUT2D eigenvalue weighted by molar-refractivity contribution is -0.636. The first-order valence-electron chi connectivity index (χ1n) is 6.51. The summed E-state index contributed by atoms with van der Waals surface area (Å²) in [4.78, 5) is 9.17. The lowest BCUT2D eigenvalue weighted by Gasteiger charge is -1.95. The maximum Gasteiger partial charge on any atom is 0.314 e. The fraction of sp³-hybridized carbons (Fsp3) is 0.143. The Morgan fingerprint density at radius 3 is 3.05 bits per heavy atom. The molecule has 5 heterocycles. The first-order chi connectivity index (χ1) is 9.84. The molecule has 4 aromatic rings. The van der Waals surface area contributed by atoms with E-state index in [-0.39, 0.29) is 0 Å². The van der Waals surface area contributed by atoms with Crippen LogP contribution in [0.4, 0.5) is 0 Å². The van der Waals surface area contributed by atoms with E-state index in [0.717, 1.165) is 35.0 Å². The van der Waals surface area contributed by atoms with Crippen LogP contribution in [0.15, 0.2) is 36.7 Å². The van der Waals surface area contributed by atoms with Crippen LogP contribution in [0.25, 0.3) is 28.3 Å². The smallest absolute Gasteiger partial charge is 0.257 e. The Hall–Kier alpha value is -2.76. The highest BCUT2D eigenvalue weighted by Gasteiger charge is 2.34. The number of aromatic nitrogens is 6. The molecule has 0 amide bonds. The molecule has 0 N–H and O–H groups in total. The van der Waals surface area contributed by atoms with Gasteiger partial charge in [0.15, 0.2) is 0 Å². The second-order valence-corrected chi connectivity index (χ2v) is 5.02. The average molecular weight is 263 g/mol. The van der Waals surface area contributed by atoms with Gasteiger partial charge < -0.3 is 0 Å². The molecule has 0 saturated carbocycles. The molecule has 0 spiro atoms. The van der Waals surface area contributed by atoms with Crippen LogP contribution in [0.1, 0.15) is 5.69 Å². The standard InChI is InChI=1S/C14H11N6/c1-18-13-9-4-2-6-15-10(9)8-19(13)12-14(18)20-11(17-12)5-3-7-16-20/h2-7H,8H2,1H3/q+1. The Morgan fingerprint density at radius 2 is 2.10 bits per heavy atom. The van der Waals surface area contributed by atoms with Gasteiger partial charge in [-0.3, -0.25) is 4.98 Å². The number of imidazole rings is 2. The predicted molar refractivity (Wildman–Crippen MR) is 72.0 cm³/mol. The highest BCUT2D eigenvalue weighted by molar-refractivity contribution is 5.76. The minimum absolute atomic E-state index is 0.771. The van der Waals surface area contributed by atoms with E-state index in [1.807, 2.05) is 28.9 Å². The van der Waals surface area contributed by atoms with Crippen LogP contribution in [-0.2, 0) is 13.6 Å². The van der Waals surface area contributed by atoms with E-state index in [1.165, 1.54) is 5.56 Å². The molecule has 0 saturated heterocycles. The van der Waals surface area contributed by atoms with Gasteiger partial charge in [0.25, 0.3) is 5.65 Å². The largest absolute Gasteiger partial charge is 0.314 e. The van der Waals surface area contributed by atoms with E-state index in [1.54, 1.807) is 6.20 Å². The number of hydrogen-bond acceptors (Lipinski definition) is 3. The van der Waals surface area contributed by atoms with Crippen LogP contribution in [0.3, 0.4) is 0 Å². The first kappa shape index (κ1) is 10.1. The van der Waals surface area contributed by atoms with Crippen molar-refractivity contribution >= 4 is 16.9 Å². The minimum atomic E-state index is 0.771. The van der Waals surface area contributed by atoms with E-state index in [9.17, 15) is 0 Å². The van der Waals surface area contributed by atoms with Crippen molar-refractivity contribution in [3.63, 3.8) is 0 Å². The zero-order valence-electron chi connectivity index (χ0n) is 10.9. The Bertz CT molecular complexity index is 994. The average Bonchev–Trinajstić information content (AvgIpc) is 3.10. The number of fused-ring (bicyclic) bond motifs is 7. The van der Waals surface area contributed by atoms with Gasteiger partial charge in [0.2, 0.25) is 11.5 Å². The molecule has 6 heteroatoms. The predicted octanol–water partition coefficient (Wildman–Crippen LogP) is 0.932. The van der Waals surface area contributed by atoms with Crippen molar-refractivity contribution in [2.24, 2.45) is 7.05 Å². The molecule has 0 atom stereocenters. The third kappa shape index (κ3) is 1.01. The topological polar surface area (TPSA) is 51.9 Å². The summed E-state index contributed by atoms with van der Waals surface area (Å²) < 4.78 is 6.24. The van der Waals surface area contributed by atoms with Crippen LogP contribution in [-0.4, -0.2) is 24.1 Å². The molecular formula is C14H11N6+. The van der Waals surface area contributed by atoms with Crippen molar-refractivity contribution in [2.45, 2.75) is 6.54 Å². The second kappa shape index (κ2) is 3.22. The van der Waals surface area contributed by atoms with E-state index in [2.05, 4.69) is 32.3 Å². The molecule has 5 rings (SSSR count). The summed E-state index contributed by atoms with van der Waals surface area (Å²) in [6, 6.07) is 7.96. The molecule has 0 radical (unpaired) electrons. The molecule has 1 aliphatic rings. The molecule has 0 bridgehead atoms. The van der Waals surface area contributed by atoms with E-state index in [0.29, 0.717) is 0 Å². The highest BCUT2D eigenvalue weighted by Crippen LogP contribution is 2.31. The maximum atomic E-state index is 4.71. The Balaban J connectivity index is 1.98. The minimum Gasteiger partial charge on any atom is -0.257 e. The molecule has 6 nitrogen and oxygen atoms in total. The van der Waals surface area contributed by atoms with Crippen LogP contribution in [0.5, 0.6) is 0 Å². The van der Waals surface area contributed by atoms with Gasteiger partial charge >= 0.3 is 5.65 Å². The lowest BCUT2D eigenvalue weighted by Crippen LogP contribution is -2.31. The van der Waals surface area contributed by atoms with Crippen LogP contribution < -0.4 is 4.57 Å². The Kier molecular flexibility index (Phi) is 1.62. The molecule has 0 aromatic carbocycles. The number of hydrogen-bond donors (Lipinski definition) is 0. The van der Waals surface area contributed by atoms with E-state index >= 15 is 0 Å². The van der Waals surface area contributed by atoms with E-state index < -0.39 is 0 Å². The maximum absolute atomic E-state index is 4.71. The van der Waals surface area contributed by atoms with Crippen molar-refractivity contribution in [3.8, 4) is 11.4 Å². The number of aryl methyl sites for hydroxylation is 1. The third-order valence-electron chi connectivity index (χ3n) is 3.94. The summed E-state index contributed by atoms with van der Waals surface area (Å²) in [6.45, 7) is 0.771. The fourth-order valence-electron chi connectivity index (χ4n) is 3.11.